The SMILES string of the molecule is Cc1onc(OC[C@@H](NC(=O)O)c2ccccc2)c1Br. The van der Waals surface area contributed by atoms with E-state index in [1.165, 1.54) is 0 Å². The summed E-state index contributed by atoms with van der Waals surface area (Å²) < 4.78 is 11.1. The minimum atomic E-state index is -1.11. The van der Waals surface area contributed by atoms with Crippen molar-refractivity contribution in [3.63, 3.8) is 0 Å². The molecule has 2 rings (SSSR count). The molecule has 7 heteroatoms. The molecule has 0 saturated carbocycles. The van der Waals surface area contributed by atoms with Crippen molar-refractivity contribution >= 4 is 22.0 Å². The molecule has 0 radical (unpaired) electrons. The van der Waals surface area contributed by atoms with Crippen LogP contribution in [0.15, 0.2) is 39.3 Å². The van der Waals surface area contributed by atoms with Crippen LogP contribution in [0.2, 0.25) is 0 Å². The van der Waals surface area contributed by atoms with Crippen LogP contribution < -0.4 is 10.1 Å². The molecule has 0 aliphatic carbocycles. The average molecular weight is 341 g/mol. The monoisotopic (exact) mass is 340 g/mol. The number of carboxylic acid groups (broad SMARTS) is 1. The highest BCUT2D eigenvalue weighted by molar-refractivity contribution is 9.10. The second-order valence-electron chi connectivity index (χ2n) is 4.08. The topological polar surface area (TPSA) is 84.6 Å². The van der Waals surface area contributed by atoms with Crippen molar-refractivity contribution in [2.75, 3.05) is 6.61 Å². The predicted molar refractivity (Wildman–Crippen MR) is 74.8 cm³/mol. The van der Waals surface area contributed by atoms with Gasteiger partial charge < -0.3 is 19.7 Å². The van der Waals surface area contributed by atoms with Crippen molar-refractivity contribution in [3.8, 4) is 5.88 Å². The van der Waals surface area contributed by atoms with E-state index >= 15 is 0 Å². The number of rotatable bonds is 5. The van der Waals surface area contributed by atoms with Gasteiger partial charge in [-0.3, -0.25) is 0 Å². The van der Waals surface area contributed by atoms with Gasteiger partial charge in [0.25, 0.3) is 5.88 Å². The van der Waals surface area contributed by atoms with Crippen molar-refractivity contribution < 1.29 is 19.2 Å². The predicted octanol–water partition coefficient (Wildman–Crippen LogP) is 3.13. The molecule has 106 valence electrons. The summed E-state index contributed by atoms with van der Waals surface area (Å²) in [5.74, 6) is 0.901. The Labute approximate surface area is 123 Å². The molecule has 0 spiro atoms. The quantitative estimate of drug-likeness (QED) is 0.873. The van der Waals surface area contributed by atoms with Crippen molar-refractivity contribution in [1.29, 1.82) is 0 Å². The minimum absolute atomic E-state index is 0.112. The molecule has 6 nitrogen and oxygen atoms in total. The molecule has 0 saturated heterocycles. The van der Waals surface area contributed by atoms with Crippen LogP contribution in [0.5, 0.6) is 5.88 Å². The summed E-state index contributed by atoms with van der Waals surface area (Å²) in [5.41, 5.74) is 0.811. The fourth-order valence-corrected chi connectivity index (χ4v) is 1.91. The van der Waals surface area contributed by atoms with Crippen molar-refractivity contribution in [2.45, 2.75) is 13.0 Å². The molecule has 1 atom stereocenters. The molecular weight excluding hydrogens is 328 g/mol. The van der Waals surface area contributed by atoms with Crippen molar-refractivity contribution in [3.05, 3.63) is 46.1 Å². The van der Waals surface area contributed by atoms with Gasteiger partial charge in [0, 0.05) is 0 Å². The van der Waals surface area contributed by atoms with Crippen LogP contribution in [-0.4, -0.2) is 23.0 Å². The number of aromatic nitrogens is 1. The van der Waals surface area contributed by atoms with Gasteiger partial charge in [-0.05, 0) is 33.6 Å². The molecule has 0 unspecified atom stereocenters. The van der Waals surface area contributed by atoms with Gasteiger partial charge in [0.2, 0.25) is 0 Å². The molecule has 2 N–H and O–H groups in total. The van der Waals surface area contributed by atoms with Crippen LogP contribution in [0, 0.1) is 6.92 Å². The lowest BCUT2D eigenvalue weighted by Gasteiger charge is -2.17. The van der Waals surface area contributed by atoms with Crippen LogP contribution >= 0.6 is 15.9 Å². The highest BCUT2D eigenvalue weighted by Crippen LogP contribution is 2.27. The first-order valence-electron chi connectivity index (χ1n) is 5.87. The first-order chi connectivity index (χ1) is 9.58. The Morgan fingerprint density at radius 2 is 2.20 bits per heavy atom. The van der Waals surface area contributed by atoms with Gasteiger partial charge in [0.05, 0.1) is 6.04 Å². The first-order valence-corrected chi connectivity index (χ1v) is 6.66. The number of carbonyl (C=O) groups is 1. The Morgan fingerprint density at radius 1 is 1.50 bits per heavy atom. The molecule has 1 aromatic heterocycles. The van der Waals surface area contributed by atoms with Gasteiger partial charge in [-0.15, -0.1) is 0 Å². The zero-order chi connectivity index (χ0) is 14.5. The molecule has 1 heterocycles. The Kier molecular flexibility index (Phi) is 4.62. The van der Waals surface area contributed by atoms with Crippen LogP contribution in [0.3, 0.4) is 0 Å². The third-order valence-electron chi connectivity index (χ3n) is 2.65. The number of nitrogens with one attached hydrogen (secondary N) is 1. The fourth-order valence-electron chi connectivity index (χ4n) is 1.65. The molecule has 0 aliphatic rings. The summed E-state index contributed by atoms with van der Waals surface area (Å²) in [7, 11) is 0. The van der Waals surface area contributed by atoms with Crippen LogP contribution in [0.4, 0.5) is 4.79 Å². The van der Waals surface area contributed by atoms with E-state index in [1.54, 1.807) is 6.92 Å². The van der Waals surface area contributed by atoms with Gasteiger partial charge >= 0.3 is 6.09 Å². The third-order valence-corrected chi connectivity index (χ3v) is 3.55. The molecule has 2 aromatic rings. The van der Waals surface area contributed by atoms with Crippen molar-refractivity contribution in [2.24, 2.45) is 0 Å². The van der Waals surface area contributed by atoms with E-state index < -0.39 is 12.1 Å². The molecule has 1 aromatic carbocycles. The number of hydrogen-bond acceptors (Lipinski definition) is 4. The number of aryl methyl sites for hydroxylation is 1. The van der Waals surface area contributed by atoms with E-state index in [0.29, 0.717) is 16.1 Å². The van der Waals surface area contributed by atoms with E-state index in [-0.39, 0.29) is 6.61 Å². The number of amides is 1. The Balaban J connectivity index is 2.09. The van der Waals surface area contributed by atoms with Gasteiger partial charge in [-0.2, -0.15) is 0 Å². The van der Waals surface area contributed by atoms with E-state index in [0.717, 1.165) is 5.56 Å². The summed E-state index contributed by atoms with van der Waals surface area (Å²) >= 11 is 3.29. The number of benzene rings is 1. The van der Waals surface area contributed by atoms with Gasteiger partial charge in [0.1, 0.15) is 11.1 Å². The number of hydrogen-bond donors (Lipinski definition) is 2. The van der Waals surface area contributed by atoms with Crippen LogP contribution in [0.25, 0.3) is 0 Å². The van der Waals surface area contributed by atoms with Gasteiger partial charge in [-0.1, -0.05) is 30.3 Å². The summed E-state index contributed by atoms with van der Waals surface area (Å²) in [4.78, 5) is 10.9. The lowest BCUT2D eigenvalue weighted by Crippen LogP contribution is -2.31. The Morgan fingerprint density at radius 3 is 2.75 bits per heavy atom. The molecule has 0 aliphatic heterocycles. The second-order valence-corrected chi connectivity index (χ2v) is 4.87. The summed E-state index contributed by atoms with van der Waals surface area (Å²) in [6, 6.07) is 8.70. The van der Waals surface area contributed by atoms with Crippen LogP contribution in [-0.2, 0) is 0 Å². The summed E-state index contributed by atoms with van der Waals surface area (Å²) in [6.07, 6.45) is -1.11. The largest absolute Gasteiger partial charge is 0.472 e. The zero-order valence-corrected chi connectivity index (χ0v) is 12.3. The molecule has 1 amide bonds. The van der Waals surface area contributed by atoms with E-state index in [4.69, 9.17) is 14.4 Å². The van der Waals surface area contributed by atoms with Gasteiger partial charge in [-0.25, -0.2) is 4.79 Å². The van der Waals surface area contributed by atoms with E-state index in [2.05, 4.69) is 26.4 Å². The van der Waals surface area contributed by atoms with Gasteiger partial charge in [0.15, 0.2) is 5.76 Å². The Hall–Kier alpha value is -2.02. The maximum atomic E-state index is 10.9. The highest BCUT2D eigenvalue weighted by atomic mass is 79.9. The van der Waals surface area contributed by atoms with E-state index in [1.807, 2.05) is 30.3 Å². The number of nitrogens with zero attached hydrogens (tertiary/aromatic N) is 1. The Bertz CT molecular complexity index is 585. The number of ether oxygens (including phenoxy) is 1. The maximum Gasteiger partial charge on any atom is 0.405 e. The molecule has 0 fully saturated rings. The lowest BCUT2D eigenvalue weighted by molar-refractivity contribution is 0.179. The third kappa shape index (κ3) is 3.51. The van der Waals surface area contributed by atoms with Crippen LogP contribution in [0.1, 0.15) is 17.4 Å². The average Bonchev–Trinajstić information content (AvgIpc) is 2.75. The molecule has 0 bridgehead atoms. The maximum absolute atomic E-state index is 10.9. The van der Waals surface area contributed by atoms with E-state index in [9.17, 15) is 4.79 Å². The standard InChI is InChI=1S/C13H13BrN2O4/c1-8-11(14)12(16-20-8)19-7-10(15-13(17)18)9-5-3-2-4-6-9/h2-6,10,15H,7H2,1H3,(H,17,18)/t10-/m1/s1. The normalized spacial score (nSPS) is 11.9. The number of halogens is 1. The molecule has 20 heavy (non-hydrogen) atoms. The highest BCUT2D eigenvalue weighted by Gasteiger charge is 2.17. The summed E-state index contributed by atoms with van der Waals surface area (Å²) in [5, 5.41) is 15.0. The zero-order valence-electron chi connectivity index (χ0n) is 10.7. The summed E-state index contributed by atoms with van der Waals surface area (Å²) in [6.45, 7) is 1.86. The smallest absolute Gasteiger partial charge is 0.405 e. The van der Waals surface area contributed by atoms with Crippen molar-refractivity contribution in [1.82, 2.24) is 10.5 Å². The fraction of sp³-hybridized carbons (Fsp3) is 0.231. The minimum Gasteiger partial charge on any atom is -0.472 e. The lowest BCUT2D eigenvalue weighted by atomic mass is 10.1. The molecular formula is C13H13BrN2O4. The second kappa shape index (κ2) is 6.42. The first kappa shape index (κ1) is 14.4.